The molecule has 0 saturated heterocycles. The zero-order chi connectivity index (χ0) is 9.84. The highest BCUT2D eigenvalue weighted by atomic mass is 16.2. The fourth-order valence-electron chi connectivity index (χ4n) is 1.40. The molecule has 0 saturated carbocycles. The Balaban J connectivity index is 2.30. The fraction of sp³-hybridized carbons (Fsp3) is 0.545. The lowest BCUT2D eigenvalue weighted by Crippen LogP contribution is -2.24. The van der Waals surface area contributed by atoms with E-state index in [0.717, 1.165) is 25.1 Å². The molecule has 1 aliphatic heterocycles. The Morgan fingerprint density at radius 3 is 2.62 bits per heavy atom. The van der Waals surface area contributed by atoms with Gasteiger partial charge >= 0.3 is 0 Å². The first-order chi connectivity index (χ1) is 6.11. The molecule has 13 heavy (non-hydrogen) atoms. The van der Waals surface area contributed by atoms with E-state index in [1.807, 2.05) is 0 Å². The molecule has 1 amide bonds. The van der Waals surface area contributed by atoms with E-state index < -0.39 is 0 Å². The molecule has 0 aromatic carbocycles. The molecule has 0 unspecified atom stereocenters. The third kappa shape index (κ3) is 2.72. The van der Waals surface area contributed by atoms with Gasteiger partial charge in [0.1, 0.15) is 0 Å². The number of amides is 1. The quantitative estimate of drug-likeness (QED) is 0.648. The van der Waals surface area contributed by atoms with Gasteiger partial charge in [-0.2, -0.15) is 0 Å². The smallest absolute Gasteiger partial charge is 0.251 e. The van der Waals surface area contributed by atoms with Crippen LogP contribution in [0, 0.1) is 5.92 Å². The van der Waals surface area contributed by atoms with Crippen molar-refractivity contribution in [3.63, 3.8) is 0 Å². The fourth-order valence-corrected chi connectivity index (χ4v) is 1.40. The lowest BCUT2D eigenvalue weighted by atomic mass is 10.1. The van der Waals surface area contributed by atoms with Crippen molar-refractivity contribution in [2.75, 3.05) is 6.54 Å². The Morgan fingerprint density at radius 2 is 2.15 bits per heavy atom. The van der Waals surface area contributed by atoms with Crippen molar-refractivity contribution in [1.29, 1.82) is 0 Å². The molecule has 0 aromatic heterocycles. The molecule has 0 aromatic rings. The average Bonchev–Trinajstić information content (AvgIpc) is 2.34. The zero-order valence-corrected chi connectivity index (χ0v) is 8.42. The van der Waals surface area contributed by atoms with Crippen LogP contribution in [0.1, 0.15) is 26.7 Å². The summed E-state index contributed by atoms with van der Waals surface area (Å²) in [6.45, 7) is 9.00. The van der Waals surface area contributed by atoms with Crippen LogP contribution < -0.4 is 0 Å². The highest BCUT2D eigenvalue weighted by Gasteiger charge is 2.17. The van der Waals surface area contributed by atoms with E-state index in [4.69, 9.17) is 0 Å². The molecule has 1 aliphatic rings. The van der Waals surface area contributed by atoms with Gasteiger partial charge in [0.2, 0.25) is 0 Å². The normalized spacial score (nSPS) is 16.4. The lowest BCUT2D eigenvalue weighted by molar-refractivity contribution is -0.123. The molecule has 0 N–H and O–H groups in total. The van der Waals surface area contributed by atoms with Crippen LogP contribution >= 0.6 is 0 Å². The molecule has 72 valence electrons. The van der Waals surface area contributed by atoms with E-state index in [-0.39, 0.29) is 5.91 Å². The van der Waals surface area contributed by atoms with Crippen LogP contribution in [0.5, 0.6) is 0 Å². The summed E-state index contributed by atoms with van der Waals surface area (Å²) in [6.07, 6.45) is 5.58. The third-order valence-corrected chi connectivity index (χ3v) is 2.19. The second-order valence-corrected chi connectivity index (χ2v) is 3.85. The molecule has 0 spiro atoms. The van der Waals surface area contributed by atoms with Gasteiger partial charge in [-0.15, -0.1) is 0 Å². The van der Waals surface area contributed by atoms with E-state index in [0.29, 0.717) is 5.92 Å². The summed E-state index contributed by atoms with van der Waals surface area (Å²) >= 11 is 0. The van der Waals surface area contributed by atoms with Crippen molar-refractivity contribution in [3.05, 3.63) is 24.4 Å². The standard InChI is InChI=1S/C11H17NO/c1-9(2)5-4-8-12-10(3)6-7-11(12)13/h6-7,9H,3-5,8H2,1-2H3. The molecule has 0 radical (unpaired) electrons. The van der Waals surface area contributed by atoms with Crippen molar-refractivity contribution in [1.82, 2.24) is 4.90 Å². The number of hydrogen-bond donors (Lipinski definition) is 0. The SMILES string of the molecule is C=C1C=CC(=O)N1CCCC(C)C. The molecule has 0 atom stereocenters. The van der Waals surface area contributed by atoms with Crippen molar-refractivity contribution in [3.8, 4) is 0 Å². The van der Waals surface area contributed by atoms with Crippen LogP contribution in [0.25, 0.3) is 0 Å². The molecule has 2 nitrogen and oxygen atoms in total. The van der Waals surface area contributed by atoms with Gasteiger partial charge in [-0.05, 0) is 24.8 Å². The van der Waals surface area contributed by atoms with Gasteiger partial charge in [0.25, 0.3) is 5.91 Å². The first-order valence-electron chi connectivity index (χ1n) is 4.79. The highest BCUT2D eigenvalue weighted by Crippen LogP contribution is 2.14. The summed E-state index contributed by atoms with van der Waals surface area (Å²) in [6, 6.07) is 0. The summed E-state index contributed by atoms with van der Waals surface area (Å²) < 4.78 is 0. The Hall–Kier alpha value is -1.05. The van der Waals surface area contributed by atoms with Crippen LogP contribution in [0.4, 0.5) is 0 Å². The minimum atomic E-state index is 0.0776. The first kappa shape index (κ1) is 10.0. The van der Waals surface area contributed by atoms with Gasteiger partial charge in [-0.1, -0.05) is 20.4 Å². The minimum absolute atomic E-state index is 0.0776. The van der Waals surface area contributed by atoms with Gasteiger partial charge in [0.15, 0.2) is 0 Å². The van der Waals surface area contributed by atoms with E-state index in [9.17, 15) is 4.79 Å². The predicted molar refractivity (Wildman–Crippen MR) is 54.1 cm³/mol. The maximum Gasteiger partial charge on any atom is 0.251 e. The summed E-state index contributed by atoms with van der Waals surface area (Å²) in [5, 5.41) is 0. The van der Waals surface area contributed by atoms with Crippen LogP contribution in [0.15, 0.2) is 24.4 Å². The largest absolute Gasteiger partial charge is 0.309 e. The van der Waals surface area contributed by atoms with Crippen molar-refractivity contribution >= 4 is 5.91 Å². The van der Waals surface area contributed by atoms with Crippen molar-refractivity contribution < 1.29 is 4.79 Å². The summed E-state index contributed by atoms with van der Waals surface area (Å²) in [5.74, 6) is 0.785. The molecule has 2 heteroatoms. The van der Waals surface area contributed by atoms with Gasteiger partial charge in [0, 0.05) is 18.3 Å². The molecular formula is C11H17NO. The lowest BCUT2D eigenvalue weighted by Gasteiger charge is -2.17. The maximum absolute atomic E-state index is 11.2. The molecule has 0 bridgehead atoms. The number of allylic oxidation sites excluding steroid dienone is 1. The minimum Gasteiger partial charge on any atom is -0.309 e. The first-order valence-corrected chi connectivity index (χ1v) is 4.79. The van der Waals surface area contributed by atoms with Crippen LogP contribution in [-0.4, -0.2) is 17.4 Å². The van der Waals surface area contributed by atoms with E-state index in [2.05, 4.69) is 20.4 Å². The average molecular weight is 179 g/mol. The van der Waals surface area contributed by atoms with Gasteiger partial charge < -0.3 is 4.90 Å². The topological polar surface area (TPSA) is 20.3 Å². The van der Waals surface area contributed by atoms with E-state index >= 15 is 0 Å². The maximum atomic E-state index is 11.2. The number of hydrogen-bond acceptors (Lipinski definition) is 1. The second kappa shape index (κ2) is 4.26. The van der Waals surface area contributed by atoms with Gasteiger partial charge in [0.05, 0.1) is 0 Å². The van der Waals surface area contributed by atoms with Crippen LogP contribution in [0.3, 0.4) is 0 Å². The predicted octanol–water partition coefficient (Wildman–Crippen LogP) is 2.33. The Bertz CT molecular complexity index is 222. The van der Waals surface area contributed by atoms with Gasteiger partial charge in [-0.3, -0.25) is 4.79 Å². The number of nitrogens with zero attached hydrogens (tertiary/aromatic N) is 1. The third-order valence-electron chi connectivity index (χ3n) is 2.19. The Labute approximate surface area is 79.9 Å². The van der Waals surface area contributed by atoms with Crippen LogP contribution in [-0.2, 0) is 4.79 Å². The number of rotatable bonds is 4. The Morgan fingerprint density at radius 1 is 1.46 bits per heavy atom. The van der Waals surface area contributed by atoms with Crippen molar-refractivity contribution in [2.24, 2.45) is 5.92 Å². The highest BCUT2D eigenvalue weighted by molar-refractivity contribution is 5.92. The monoisotopic (exact) mass is 179 g/mol. The van der Waals surface area contributed by atoms with Crippen molar-refractivity contribution in [2.45, 2.75) is 26.7 Å². The molecular weight excluding hydrogens is 162 g/mol. The molecule has 0 aliphatic carbocycles. The van der Waals surface area contributed by atoms with Crippen LogP contribution in [0.2, 0.25) is 0 Å². The summed E-state index contributed by atoms with van der Waals surface area (Å²) in [7, 11) is 0. The summed E-state index contributed by atoms with van der Waals surface area (Å²) in [4.78, 5) is 13.0. The van der Waals surface area contributed by atoms with E-state index in [1.165, 1.54) is 0 Å². The zero-order valence-electron chi connectivity index (χ0n) is 8.42. The Kier molecular flexibility index (Phi) is 3.29. The summed E-state index contributed by atoms with van der Waals surface area (Å²) in [5.41, 5.74) is 0.828. The molecule has 0 fully saturated rings. The molecule has 1 heterocycles. The number of carbonyl (C=O) groups excluding carboxylic acids is 1. The molecule has 1 rings (SSSR count). The number of carbonyl (C=O) groups is 1. The van der Waals surface area contributed by atoms with Gasteiger partial charge in [-0.25, -0.2) is 0 Å². The second-order valence-electron chi connectivity index (χ2n) is 3.85. The van der Waals surface area contributed by atoms with E-state index in [1.54, 1.807) is 17.1 Å².